The maximum atomic E-state index is 12.3. The monoisotopic (exact) mass is 305 g/mol. The smallest absolute Gasteiger partial charge is 0.350 e. The molecule has 0 aliphatic rings. The van der Waals surface area contributed by atoms with Crippen LogP contribution in [0, 0.1) is 6.92 Å². The number of nitrogen functional groups attached to an aromatic ring is 2. The number of hydrogen-bond donors (Lipinski definition) is 3. The van der Waals surface area contributed by atoms with Gasteiger partial charge in [-0.05, 0) is 36.1 Å². The number of esters is 1. The third-order valence-corrected chi connectivity index (χ3v) is 3.90. The molecule has 1 aromatic carbocycles. The molecular weight excluding hydrogens is 290 g/mol. The van der Waals surface area contributed by atoms with E-state index in [-0.39, 0.29) is 5.91 Å². The zero-order valence-electron chi connectivity index (χ0n) is 11.6. The highest BCUT2D eigenvalue weighted by molar-refractivity contribution is 7.12. The highest BCUT2D eigenvalue weighted by atomic mass is 32.1. The highest BCUT2D eigenvalue weighted by Crippen LogP contribution is 2.29. The van der Waals surface area contributed by atoms with Gasteiger partial charge in [-0.15, -0.1) is 11.3 Å². The number of hydrogen-bond acceptors (Lipinski definition) is 6. The normalized spacial score (nSPS) is 10.2. The lowest BCUT2D eigenvalue weighted by atomic mass is 10.1. The van der Waals surface area contributed by atoms with E-state index in [0.717, 1.165) is 5.56 Å². The standard InChI is InChI=1S/C14H15N3O3S/c1-7-6-21-12(14(19)20-2)11(7)17-13(18)8-3-9(15)5-10(16)4-8/h3-6H,15-16H2,1-2H3,(H,17,18). The minimum atomic E-state index is -0.490. The topological polar surface area (TPSA) is 107 Å². The van der Waals surface area contributed by atoms with Crippen molar-refractivity contribution in [1.29, 1.82) is 0 Å². The molecule has 0 atom stereocenters. The molecule has 0 radical (unpaired) electrons. The maximum Gasteiger partial charge on any atom is 0.350 e. The molecule has 0 bridgehead atoms. The van der Waals surface area contributed by atoms with Crippen molar-refractivity contribution in [3.05, 3.63) is 39.6 Å². The molecular formula is C14H15N3O3S. The summed E-state index contributed by atoms with van der Waals surface area (Å²) in [4.78, 5) is 24.3. The van der Waals surface area contributed by atoms with Crippen LogP contribution in [0.1, 0.15) is 25.6 Å². The predicted octanol–water partition coefficient (Wildman–Crippen LogP) is 2.26. The fourth-order valence-electron chi connectivity index (χ4n) is 1.84. The third kappa shape index (κ3) is 3.14. The number of thiophene rings is 1. The zero-order chi connectivity index (χ0) is 15.6. The van der Waals surface area contributed by atoms with Gasteiger partial charge in [-0.3, -0.25) is 4.79 Å². The van der Waals surface area contributed by atoms with Gasteiger partial charge in [-0.1, -0.05) is 0 Å². The molecule has 5 N–H and O–H groups in total. The Bertz CT molecular complexity index is 689. The van der Waals surface area contributed by atoms with Crippen molar-refractivity contribution in [1.82, 2.24) is 0 Å². The second-order valence-corrected chi connectivity index (χ2v) is 5.34. The van der Waals surface area contributed by atoms with Crippen molar-refractivity contribution in [2.24, 2.45) is 0 Å². The first-order valence-electron chi connectivity index (χ1n) is 6.06. The van der Waals surface area contributed by atoms with Crippen molar-refractivity contribution < 1.29 is 14.3 Å². The molecule has 1 aromatic heterocycles. The molecule has 6 nitrogen and oxygen atoms in total. The molecule has 0 aliphatic heterocycles. The molecule has 0 fully saturated rings. The Morgan fingerprint density at radius 1 is 1.19 bits per heavy atom. The van der Waals surface area contributed by atoms with Gasteiger partial charge in [0, 0.05) is 16.9 Å². The summed E-state index contributed by atoms with van der Waals surface area (Å²) in [5.41, 5.74) is 13.7. The van der Waals surface area contributed by atoms with Gasteiger partial charge in [0.05, 0.1) is 12.8 Å². The lowest BCUT2D eigenvalue weighted by Crippen LogP contribution is -2.15. The first kappa shape index (κ1) is 14.9. The summed E-state index contributed by atoms with van der Waals surface area (Å²) in [7, 11) is 1.29. The quantitative estimate of drug-likeness (QED) is 0.595. The molecule has 1 amide bonds. The third-order valence-electron chi connectivity index (χ3n) is 2.82. The minimum Gasteiger partial charge on any atom is -0.465 e. The van der Waals surface area contributed by atoms with Gasteiger partial charge in [-0.2, -0.15) is 0 Å². The summed E-state index contributed by atoms with van der Waals surface area (Å²) in [6, 6.07) is 4.60. The van der Waals surface area contributed by atoms with Gasteiger partial charge < -0.3 is 21.5 Å². The second-order valence-electron chi connectivity index (χ2n) is 4.46. The summed E-state index contributed by atoms with van der Waals surface area (Å²) in [6.45, 7) is 1.80. The van der Waals surface area contributed by atoms with E-state index in [2.05, 4.69) is 5.32 Å². The van der Waals surface area contributed by atoms with Crippen LogP contribution in [0.25, 0.3) is 0 Å². The number of benzene rings is 1. The van der Waals surface area contributed by atoms with Crippen LogP contribution in [-0.2, 0) is 4.74 Å². The molecule has 0 saturated heterocycles. The Hall–Kier alpha value is -2.54. The van der Waals surface area contributed by atoms with Crippen molar-refractivity contribution >= 4 is 40.3 Å². The Morgan fingerprint density at radius 2 is 1.81 bits per heavy atom. The van der Waals surface area contributed by atoms with E-state index in [1.807, 2.05) is 0 Å². The highest BCUT2D eigenvalue weighted by Gasteiger charge is 2.19. The molecule has 0 spiro atoms. The van der Waals surface area contributed by atoms with Crippen LogP contribution in [0.4, 0.5) is 17.1 Å². The summed E-state index contributed by atoms with van der Waals surface area (Å²) >= 11 is 1.21. The number of nitrogens with one attached hydrogen (secondary N) is 1. The van der Waals surface area contributed by atoms with Gasteiger partial charge in [0.25, 0.3) is 5.91 Å². The van der Waals surface area contributed by atoms with Crippen LogP contribution >= 0.6 is 11.3 Å². The number of methoxy groups -OCH3 is 1. The van der Waals surface area contributed by atoms with Crippen molar-refractivity contribution in [3.8, 4) is 0 Å². The van der Waals surface area contributed by atoms with Crippen molar-refractivity contribution in [3.63, 3.8) is 0 Å². The van der Waals surface area contributed by atoms with Crippen molar-refractivity contribution in [2.45, 2.75) is 6.92 Å². The van der Waals surface area contributed by atoms with Crippen LogP contribution in [0.3, 0.4) is 0 Å². The number of nitrogens with two attached hydrogens (primary N) is 2. The number of amides is 1. The molecule has 1 heterocycles. The summed E-state index contributed by atoms with van der Waals surface area (Å²) in [5, 5.41) is 4.48. The zero-order valence-corrected chi connectivity index (χ0v) is 12.4. The lowest BCUT2D eigenvalue weighted by molar-refractivity contribution is 0.0607. The molecule has 0 saturated carbocycles. The number of anilines is 3. The van der Waals surface area contributed by atoms with E-state index in [1.54, 1.807) is 18.4 Å². The number of aryl methyl sites for hydroxylation is 1. The van der Waals surface area contributed by atoms with Crippen LogP contribution in [0.5, 0.6) is 0 Å². The molecule has 0 unspecified atom stereocenters. The molecule has 110 valence electrons. The van der Waals surface area contributed by atoms with E-state index >= 15 is 0 Å². The average molecular weight is 305 g/mol. The fourth-order valence-corrected chi connectivity index (χ4v) is 2.76. The Labute approximate surface area is 125 Å². The number of rotatable bonds is 3. The Kier molecular flexibility index (Phi) is 4.13. The lowest BCUT2D eigenvalue weighted by Gasteiger charge is -2.08. The Balaban J connectivity index is 2.31. The van der Waals surface area contributed by atoms with E-state index in [4.69, 9.17) is 16.2 Å². The number of ether oxygens (including phenoxy) is 1. The van der Waals surface area contributed by atoms with Gasteiger partial charge in [0.1, 0.15) is 4.88 Å². The van der Waals surface area contributed by atoms with E-state index in [0.29, 0.717) is 27.5 Å². The summed E-state index contributed by atoms with van der Waals surface area (Å²) < 4.78 is 4.70. The maximum absolute atomic E-state index is 12.3. The van der Waals surface area contributed by atoms with Gasteiger partial charge in [-0.25, -0.2) is 4.79 Å². The van der Waals surface area contributed by atoms with Gasteiger partial charge in [0.2, 0.25) is 0 Å². The summed E-state index contributed by atoms with van der Waals surface area (Å²) in [5.74, 6) is -0.879. The van der Waals surface area contributed by atoms with Crippen molar-refractivity contribution in [2.75, 3.05) is 23.9 Å². The fraction of sp³-hybridized carbons (Fsp3) is 0.143. The largest absolute Gasteiger partial charge is 0.465 e. The van der Waals surface area contributed by atoms with Crippen LogP contribution < -0.4 is 16.8 Å². The van der Waals surface area contributed by atoms with E-state index < -0.39 is 5.97 Å². The number of carbonyl (C=O) groups is 2. The SMILES string of the molecule is COC(=O)c1scc(C)c1NC(=O)c1cc(N)cc(N)c1. The van der Waals surface area contributed by atoms with Crippen LogP contribution in [-0.4, -0.2) is 19.0 Å². The average Bonchev–Trinajstić information content (AvgIpc) is 2.78. The summed E-state index contributed by atoms with van der Waals surface area (Å²) in [6.07, 6.45) is 0. The van der Waals surface area contributed by atoms with Crippen LogP contribution in [0.2, 0.25) is 0 Å². The first-order chi connectivity index (χ1) is 9.92. The Morgan fingerprint density at radius 3 is 2.38 bits per heavy atom. The van der Waals surface area contributed by atoms with Gasteiger partial charge in [0.15, 0.2) is 0 Å². The second kappa shape index (κ2) is 5.84. The van der Waals surface area contributed by atoms with E-state index in [1.165, 1.54) is 30.6 Å². The van der Waals surface area contributed by atoms with E-state index in [9.17, 15) is 9.59 Å². The predicted molar refractivity (Wildman–Crippen MR) is 83.6 cm³/mol. The number of carbonyl (C=O) groups excluding carboxylic acids is 2. The molecule has 21 heavy (non-hydrogen) atoms. The van der Waals surface area contributed by atoms with Gasteiger partial charge >= 0.3 is 5.97 Å². The minimum absolute atomic E-state index is 0.328. The molecule has 7 heteroatoms. The molecule has 2 aromatic rings. The molecule has 2 rings (SSSR count). The molecule has 0 aliphatic carbocycles. The van der Waals surface area contributed by atoms with Crippen LogP contribution in [0.15, 0.2) is 23.6 Å². The first-order valence-corrected chi connectivity index (χ1v) is 6.94.